The molecule has 0 saturated carbocycles. The molecule has 0 aliphatic heterocycles. The quantitative estimate of drug-likeness (QED) is 0.227. The van der Waals surface area contributed by atoms with Crippen LogP contribution in [0.5, 0.6) is 0 Å². The van der Waals surface area contributed by atoms with Gasteiger partial charge in [0.1, 0.15) is 0 Å². The second-order valence-corrected chi connectivity index (χ2v) is 8.62. The molecule has 0 spiro atoms. The molecule has 0 aliphatic carbocycles. The Balaban J connectivity index is 1.70. The number of hydrogen-bond donors (Lipinski definition) is 0. The highest BCUT2D eigenvalue weighted by Gasteiger charge is 2.17. The van der Waals surface area contributed by atoms with Gasteiger partial charge in [0.2, 0.25) is 0 Å². The van der Waals surface area contributed by atoms with Gasteiger partial charge in [-0.3, -0.25) is 0 Å². The standard InChI is InChI=1S/C36H24/c1-3-12-26(13-4-1)35-31-17-9-10-18-32(31)36(27-14-5-2-6-15-27)34-24-30(21-22-33(34)35)29-20-19-25-11-7-8-16-28(25)23-29/h1-24H/i1D,2D,3D,4D,5D,6D,12D,13D,14D,15D. The third kappa shape index (κ3) is 3.39. The summed E-state index contributed by atoms with van der Waals surface area (Å²) in [6, 6.07) is 22.4. The van der Waals surface area contributed by atoms with Gasteiger partial charge in [0, 0.05) is 0 Å². The summed E-state index contributed by atoms with van der Waals surface area (Å²) in [5.41, 5.74) is 2.55. The maximum atomic E-state index is 8.89. The van der Waals surface area contributed by atoms with Gasteiger partial charge in [0.15, 0.2) is 0 Å². The fourth-order valence-corrected chi connectivity index (χ4v) is 5.02. The minimum Gasteiger partial charge on any atom is -0.0622 e. The Bertz CT molecular complexity index is 2370. The molecule has 0 nitrogen and oxygen atoms in total. The third-order valence-corrected chi connectivity index (χ3v) is 6.61. The van der Waals surface area contributed by atoms with E-state index < -0.39 is 36.3 Å². The molecule has 0 atom stereocenters. The van der Waals surface area contributed by atoms with E-state index in [0.29, 0.717) is 32.7 Å². The van der Waals surface area contributed by atoms with Crippen molar-refractivity contribution in [1.29, 1.82) is 0 Å². The van der Waals surface area contributed by atoms with Crippen molar-refractivity contribution < 1.29 is 13.7 Å². The van der Waals surface area contributed by atoms with Crippen molar-refractivity contribution in [3.05, 3.63) is 145 Å². The maximum Gasteiger partial charge on any atom is 0.0629 e. The van der Waals surface area contributed by atoms with Crippen LogP contribution in [-0.4, -0.2) is 0 Å². The van der Waals surface area contributed by atoms with Gasteiger partial charge in [-0.1, -0.05) is 133 Å². The van der Waals surface area contributed by atoms with Crippen LogP contribution in [-0.2, 0) is 0 Å². The first-order valence-corrected chi connectivity index (χ1v) is 11.6. The van der Waals surface area contributed by atoms with Crippen LogP contribution in [0, 0.1) is 0 Å². The second-order valence-electron chi connectivity index (χ2n) is 8.62. The molecule has 168 valence electrons. The fraction of sp³-hybridized carbons (Fsp3) is 0. The molecule has 7 rings (SSSR count). The molecule has 0 aromatic heterocycles. The molecule has 0 bridgehead atoms. The largest absolute Gasteiger partial charge is 0.0629 e. The van der Waals surface area contributed by atoms with Crippen molar-refractivity contribution in [2.75, 3.05) is 0 Å². The lowest BCUT2D eigenvalue weighted by Crippen LogP contribution is -1.91. The van der Waals surface area contributed by atoms with Gasteiger partial charge in [-0.05, 0) is 77.8 Å². The van der Waals surface area contributed by atoms with Crippen molar-refractivity contribution in [3.63, 3.8) is 0 Å². The molecule has 0 unspecified atom stereocenters. The molecule has 0 fully saturated rings. The molecular formula is C36H24. The molecule has 0 heteroatoms. The van der Waals surface area contributed by atoms with Crippen molar-refractivity contribution in [2.24, 2.45) is 0 Å². The molecule has 7 aromatic rings. The monoisotopic (exact) mass is 466 g/mol. The SMILES string of the molecule is [2H]c1c([2H])c([2H])c(-c2c3ccccc3c(-c3c([2H])c([2H])c([2H])c([2H])c3[2H])c3cc(-c4ccc5ccccc5c4)ccc23)c([2H])c1[2H]. The molecule has 7 aromatic carbocycles. The highest BCUT2D eigenvalue weighted by molar-refractivity contribution is 6.22. The second kappa shape index (κ2) is 8.52. The zero-order chi connectivity index (χ0) is 32.6. The summed E-state index contributed by atoms with van der Waals surface area (Å²) in [5, 5.41) is 4.18. The minimum absolute atomic E-state index is 0.0236. The number of hydrogen-bond acceptors (Lipinski definition) is 0. The third-order valence-electron chi connectivity index (χ3n) is 6.61. The lowest BCUT2D eigenvalue weighted by Gasteiger charge is -2.18. The summed E-state index contributed by atoms with van der Waals surface area (Å²) >= 11 is 0. The molecular weight excluding hydrogens is 432 g/mol. The van der Waals surface area contributed by atoms with Gasteiger partial charge in [-0.15, -0.1) is 0 Å². The van der Waals surface area contributed by atoms with E-state index in [1.807, 2.05) is 54.6 Å². The van der Waals surface area contributed by atoms with Crippen molar-refractivity contribution >= 4 is 32.3 Å². The predicted octanol–water partition coefficient (Wildman–Crippen LogP) is 10.1. The Labute approximate surface area is 225 Å². The average Bonchev–Trinajstić information content (AvgIpc) is 3.08. The number of fused-ring (bicyclic) bond motifs is 3. The van der Waals surface area contributed by atoms with Crippen LogP contribution >= 0.6 is 0 Å². The summed E-state index contributed by atoms with van der Waals surface area (Å²) in [6.45, 7) is 0. The van der Waals surface area contributed by atoms with Crippen LogP contribution < -0.4 is 0 Å². The zero-order valence-electron chi connectivity index (χ0n) is 29.1. The van der Waals surface area contributed by atoms with Crippen LogP contribution in [0.15, 0.2) is 145 Å². The fourth-order valence-electron chi connectivity index (χ4n) is 5.02. The Morgan fingerprint density at radius 3 is 1.53 bits per heavy atom. The van der Waals surface area contributed by atoms with E-state index in [1.165, 1.54) is 0 Å². The van der Waals surface area contributed by atoms with Gasteiger partial charge in [-0.25, -0.2) is 0 Å². The smallest absolute Gasteiger partial charge is 0.0622 e. The van der Waals surface area contributed by atoms with Crippen LogP contribution in [0.3, 0.4) is 0 Å². The lowest BCUT2D eigenvalue weighted by molar-refractivity contribution is 1.64. The van der Waals surface area contributed by atoms with Gasteiger partial charge in [0.25, 0.3) is 0 Å². The van der Waals surface area contributed by atoms with E-state index >= 15 is 0 Å². The Hall–Kier alpha value is -4.68. The van der Waals surface area contributed by atoms with E-state index in [2.05, 4.69) is 6.07 Å². The van der Waals surface area contributed by atoms with Crippen molar-refractivity contribution in [1.82, 2.24) is 0 Å². The topological polar surface area (TPSA) is 0 Å². The predicted molar refractivity (Wildman–Crippen MR) is 155 cm³/mol. The summed E-state index contributed by atoms with van der Waals surface area (Å²) in [4.78, 5) is 0. The Kier molecular flexibility index (Phi) is 3.04. The first kappa shape index (κ1) is 12.9. The van der Waals surface area contributed by atoms with Crippen LogP contribution in [0.4, 0.5) is 0 Å². The van der Waals surface area contributed by atoms with Gasteiger partial charge in [0.05, 0.1) is 13.7 Å². The molecule has 0 aliphatic rings. The summed E-state index contributed by atoms with van der Waals surface area (Å²) in [7, 11) is 0. The number of benzene rings is 7. The molecule has 0 amide bonds. The van der Waals surface area contributed by atoms with E-state index in [1.54, 1.807) is 24.3 Å². The highest BCUT2D eigenvalue weighted by Crippen LogP contribution is 2.44. The molecule has 0 radical (unpaired) electrons. The first-order valence-electron chi connectivity index (χ1n) is 16.6. The van der Waals surface area contributed by atoms with Crippen LogP contribution in [0.1, 0.15) is 13.7 Å². The Morgan fingerprint density at radius 1 is 0.361 bits per heavy atom. The van der Waals surface area contributed by atoms with E-state index in [4.69, 9.17) is 13.7 Å². The van der Waals surface area contributed by atoms with E-state index in [-0.39, 0.29) is 35.3 Å². The highest BCUT2D eigenvalue weighted by atomic mass is 14.2. The van der Waals surface area contributed by atoms with E-state index in [9.17, 15) is 0 Å². The Morgan fingerprint density at radius 2 is 0.861 bits per heavy atom. The maximum absolute atomic E-state index is 8.89. The summed E-state index contributed by atoms with van der Waals surface area (Å²) in [6.07, 6.45) is 0. The van der Waals surface area contributed by atoms with E-state index in [0.717, 1.165) is 21.9 Å². The molecule has 0 saturated heterocycles. The average molecular weight is 467 g/mol. The van der Waals surface area contributed by atoms with Gasteiger partial charge < -0.3 is 0 Å². The molecule has 36 heavy (non-hydrogen) atoms. The van der Waals surface area contributed by atoms with Gasteiger partial charge >= 0.3 is 0 Å². The number of rotatable bonds is 3. The van der Waals surface area contributed by atoms with Crippen molar-refractivity contribution in [3.8, 4) is 33.4 Å². The molecule has 0 N–H and O–H groups in total. The van der Waals surface area contributed by atoms with Crippen molar-refractivity contribution in [2.45, 2.75) is 0 Å². The summed E-state index contributed by atoms with van der Waals surface area (Å²) in [5.74, 6) is 0. The van der Waals surface area contributed by atoms with Crippen LogP contribution in [0.2, 0.25) is 0 Å². The van der Waals surface area contributed by atoms with Gasteiger partial charge in [-0.2, -0.15) is 0 Å². The normalized spacial score (nSPS) is 15.2. The zero-order valence-corrected chi connectivity index (χ0v) is 19.1. The minimum atomic E-state index is -0.500. The lowest BCUT2D eigenvalue weighted by atomic mass is 9.85. The first-order chi connectivity index (χ1) is 22.0. The molecule has 0 heterocycles. The van der Waals surface area contributed by atoms with Crippen LogP contribution in [0.25, 0.3) is 65.7 Å². The summed E-state index contributed by atoms with van der Waals surface area (Å²) < 4.78 is 85.5.